The van der Waals surface area contributed by atoms with Crippen LogP contribution in [-0.2, 0) is 4.74 Å². The first-order valence-electron chi connectivity index (χ1n) is 4.31. The van der Waals surface area contributed by atoms with E-state index in [2.05, 4.69) is 9.72 Å². The Hall–Kier alpha value is -1.91. The highest BCUT2D eigenvalue weighted by atomic mass is 16.5. The maximum absolute atomic E-state index is 11.2. The van der Waals surface area contributed by atoms with Crippen molar-refractivity contribution in [2.45, 2.75) is 0 Å². The summed E-state index contributed by atoms with van der Waals surface area (Å²) in [7, 11) is 4.85. The lowest BCUT2D eigenvalue weighted by Crippen LogP contribution is -2.14. The Balaban J connectivity index is 3.21. The Labute approximate surface area is 87.7 Å². The topological polar surface area (TPSA) is 59.5 Å². The average molecular weight is 208 g/mol. The second-order valence-electron chi connectivity index (χ2n) is 3.13. The monoisotopic (exact) mass is 208 g/mol. The lowest BCUT2D eigenvalue weighted by Gasteiger charge is -2.14. The van der Waals surface area contributed by atoms with Crippen LogP contribution in [0, 0.1) is 0 Å². The number of esters is 1. The van der Waals surface area contributed by atoms with Crippen LogP contribution in [0.2, 0.25) is 0 Å². The third-order valence-electron chi connectivity index (χ3n) is 1.92. The summed E-state index contributed by atoms with van der Waals surface area (Å²) in [4.78, 5) is 27.5. The second-order valence-corrected chi connectivity index (χ2v) is 3.13. The summed E-state index contributed by atoms with van der Waals surface area (Å²) in [5.74, 6) is -0.518. The molecule has 0 aliphatic rings. The molecule has 1 aromatic heterocycles. The summed E-state index contributed by atoms with van der Waals surface area (Å²) in [6.07, 6.45) is 2.05. The quantitative estimate of drug-likeness (QED) is 0.541. The zero-order valence-electron chi connectivity index (χ0n) is 8.85. The third kappa shape index (κ3) is 2.31. The molecule has 0 bridgehead atoms. The van der Waals surface area contributed by atoms with Gasteiger partial charge in [0, 0.05) is 20.3 Å². The fourth-order valence-electron chi connectivity index (χ4n) is 1.15. The predicted molar refractivity (Wildman–Crippen MR) is 55.3 cm³/mol. The summed E-state index contributed by atoms with van der Waals surface area (Å²) in [5.41, 5.74) is 1.26. The maximum atomic E-state index is 11.2. The van der Waals surface area contributed by atoms with Crippen LogP contribution in [0.25, 0.3) is 0 Å². The van der Waals surface area contributed by atoms with Gasteiger partial charge in [-0.15, -0.1) is 0 Å². The van der Waals surface area contributed by atoms with Gasteiger partial charge in [0.05, 0.1) is 18.4 Å². The van der Waals surface area contributed by atoms with Crippen LogP contribution in [0.1, 0.15) is 20.8 Å². The van der Waals surface area contributed by atoms with Crippen molar-refractivity contribution in [2.24, 2.45) is 0 Å². The molecule has 0 aliphatic carbocycles. The van der Waals surface area contributed by atoms with E-state index in [1.165, 1.54) is 19.4 Å². The average Bonchev–Trinajstić information content (AvgIpc) is 2.27. The summed E-state index contributed by atoms with van der Waals surface area (Å²) in [6.45, 7) is 0. The molecule has 1 rings (SSSR count). The van der Waals surface area contributed by atoms with Crippen molar-refractivity contribution in [1.29, 1.82) is 0 Å². The molecule has 0 unspecified atom stereocenters. The lowest BCUT2D eigenvalue weighted by molar-refractivity contribution is 0.0594. The lowest BCUT2D eigenvalue weighted by atomic mass is 10.2. The highest BCUT2D eigenvalue weighted by molar-refractivity contribution is 5.91. The molecule has 0 fully saturated rings. The van der Waals surface area contributed by atoms with Gasteiger partial charge in [-0.05, 0) is 6.07 Å². The standard InChI is InChI=1S/C10H12N2O3/c1-12(2)9-4-8(10(14)15-3)11-5-7(9)6-13/h4-6H,1-3H3. The van der Waals surface area contributed by atoms with Gasteiger partial charge in [0.25, 0.3) is 0 Å². The predicted octanol–water partition coefficient (Wildman–Crippen LogP) is 0.747. The third-order valence-corrected chi connectivity index (χ3v) is 1.92. The number of methoxy groups -OCH3 is 1. The Kier molecular flexibility index (Phi) is 3.38. The molecule has 15 heavy (non-hydrogen) atoms. The Morgan fingerprint density at radius 2 is 2.20 bits per heavy atom. The summed E-state index contributed by atoms with van der Waals surface area (Å²) in [6, 6.07) is 1.52. The van der Waals surface area contributed by atoms with Crippen LogP contribution in [0.4, 0.5) is 5.69 Å². The Morgan fingerprint density at radius 3 is 2.67 bits per heavy atom. The van der Waals surface area contributed by atoms with Gasteiger partial charge in [-0.25, -0.2) is 9.78 Å². The fourth-order valence-corrected chi connectivity index (χ4v) is 1.15. The number of ether oxygens (including phenoxy) is 1. The Bertz CT molecular complexity index is 388. The number of carbonyl (C=O) groups is 2. The molecule has 0 saturated heterocycles. The van der Waals surface area contributed by atoms with Gasteiger partial charge in [-0.3, -0.25) is 4.79 Å². The molecule has 0 amide bonds. The van der Waals surface area contributed by atoms with E-state index in [0.29, 0.717) is 17.5 Å². The zero-order chi connectivity index (χ0) is 11.4. The van der Waals surface area contributed by atoms with Crippen LogP contribution >= 0.6 is 0 Å². The number of rotatable bonds is 3. The largest absolute Gasteiger partial charge is 0.464 e. The molecular weight excluding hydrogens is 196 g/mol. The first kappa shape index (κ1) is 11.2. The molecule has 0 radical (unpaired) electrons. The number of anilines is 1. The van der Waals surface area contributed by atoms with Crippen molar-refractivity contribution >= 4 is 17.9 Å². The molecular formula is C10H12N2O3. The Morgan fingerprint density at radius 1 is 1.53 bits per heavy atom. The van der Waals surface area contributed by atoms with Crippen molar-refractivity contribution in [3.63, 3.8) is 0 Å². The summed E-state index contributed by atoms with van der Waals surface area (Å²) < 4.78 is 4.54. The van der Waals surface area contributed by atoms with Gasteiger partial charge in [0.1, 0.15) is 5.69 Å². The number of hydrogen-bond acceptors (Lipinski definition) is 5. The van der Waals surface area contributed by atoms with Crippen LogP contribution in [0.5, 0.6) is 0 Å². The highest BCUT2D eigenvalue weighted by Gasteiger charge is 2.12. The molecule has 0 atom stereocenters. The molecule has 0 N–H and O–H groups in total. The minimum atomic E-state index is -0.518. The molecule has 0 aliphatic heterocycles. The van der Waals surface area contributed by atoms with Gasteiger partial charge in [-0.1, -0.05) is 0 Å². The number of aromatic nitrogens is 1. The smallest absolute Gasteiger partial charge is 0.356 e. The van der Waals surface area contributed by atoms with Gasteiger partial charge >= 0.3 is 5.97 Å². The van der Waals surface area contributed by atoms with E-state index >= 15 is 0 Å². The van der Waals surface area contributed by atoms with Crippen molar-refractivity contribution in [3.05, 3.63) is 23.5 Å². The van der Waals surface area contributed by atoms with Crippen LogP contribution in [0.3, 0.4) is 0 Å². The van der Waals surface area contributed by atoms with E-state index in [-0.39, 0.29) is 5.69 Å². The molecule has 1 aromatic rings. The molecule has 5 nitrogen and oxygen atoms in total. The van der Waals surface area contributed by atoms with E-state index < -0.39 is 5.97 Å². The zero-order valence-corrected chi connectivity index (χ0v) is 8.85. The number of aldehydes is 1. The van der Waals surface area contributed by atoms with E-state index in [1.807, 2.05) is 0 Å². The van der Waals surface area contributed by atoms with E-state index in [4.69, 9.17) is 0 Å². The van der Waals surface area contributed by atoms with Gasteiger partial charge in [0.2, 0.25) is 0 Å². The van der Waals surface area contributed by atoms with Gasteiger partial charge in [-0.2, -0.15) is 0 Å². The first-order valence-corrected chi connectivity index (χ1v) is 4.31. The second kappa shape index (κ2) is 4.54. The van der Waals surface area contributed by atoms with E-state index in [0.717, 1.165) is 0 Å². The normalized spacial score (nSPS) is 9.53. The van der Waals surface area contributed by atoms with Crippen LogP contribution in [0.15, 0.2) is 12.3 Å². The minimum absolute atomic E-state index is 0.187. The molecule has 0 spiro atoms. The van der Waals surface area contributed by atoms with E-state index in [9.17, 15) is 9.59 Å². The van der Waals surface area contributed by atoms with Crippen LogP contribution < -0.4 is 4.90 Å². The fraction of sp³-hybridized carbons (Fsp3) is 0.300. The molecule has 1 heterocycles. The minimum Gasteiger partial charge on any atom is -0.464 e. The summed E-state index contributed by atoms with van der Waals surface area (Å²) in [5, 5.41) is 0. The van der Waals surface area contributed by atoms with Crippen molar-refractivity contribution in [2.75, 3.05) is 26.1 Å². The van der Waals surface area contributed by atoms with E-state index in [1.54, 1.807) is 19.0 Å². The summed E-state index contributed by atoms with van der Waals surface area (Å²) >= 11 is 0. The van der Waals surface area contributed by atoms with Gasteiger partial charge < -0.3 is 9.64 Å². The number of carbonyl (C=O) groups excluding carboxylic acids is 2. The van der Waals surface area contributed by atoms with Crippen molar-refractivity contribution in [1.82, 2.24) is 4.98 Å². The number of pyridine rings is 1. The van der Waals surface area contributed by atoms with Gasteiger partial charge in [0.15, 0.2) is 6.29 Å². The van der Waals surface area contributed by atoms with Crippen molar-refractivity contribution in [3.8, 4) is 0 Å². The molecule has 0 saturated carbocycles. The maximum Gasteiger partial charge on any atom is 0.356 e. The SMILES string of the molecule is COC(=O)c1cc(N(C)C)c(C=O)cn1. The van der Waals surface area contributed by atoms with Crippen molar-refractivity contribution < 1.29 is 14.3 Å². The molecule has 0 aromatic carbocycles. The molecule has 80 valence electrons. The number of nitrogens with zero attached hydrogens (tertiary/aromatic N) is 2. The van der Waals surface area contributed by atoms with Crippen LogP contribution in [-0.4, -0.2) is 38.4 Å². The number of hydrogen-bond donors (Lipinski definition) is 0. The molecule has 5 heteroatoms. The highest BCUT2D eigenvalue weighted by Crippen LogP contribution is 2.17. The first-order chi connectivity index (χ1) is 7.10.